The Morgan fingerprint density at radius 2 is 1.69 bits per heavy atom. The normalized spacial score (nSPS) is 21.9. The van der Waals surface area contributed by atoms with Crippen molar-refractivity contribution in [2.75, 3.05) is 46.5 Å². The zero-order chi connectivity index (χ0) is 36.3. The lowest BCUT2D eigenvalue weighted by molar-refractivity contribution is -0.141. The maximum absolute atomic E-state index is 14.2. The van der Waals surface area contributed by atoms with Crippen LogP contribution in [0.25, 0.3) is 0 Å². The highest BCUT2D eigenvalue weighted by molar-refractivity contribution is 5.94. The van der Waals surface area contributed by atoms with Gasteiger partial charge >= 0.3 is 0 Å². The monoisotopic (exact) mass is 698 g/mol. The fourth-order valence-corrected chi connectivity index (χ4v) is 6.46. The summed E-state index contributed by atoms with van der Waals surface area (Å²) in [4.78, 5) is 75.7. The molecule has 13 heteroatoms. The summed E-state index contributed by atoms with van der Waals surface area (Å²) >= 11 is 0. The largest absolute Gasteiger partial charge is 0.484 e. The molecule has 2 aromatic carbocycles. The smallest absolute Gasteiger partial charge is 0.272 e. The molecule has 3 aromatic rings. The molecule has 0 unspecified atom stereocenters. The lowest BCUT2D eigenvalue weighted by atomic mass is 9.93. The van der Waals surface area contributed by atoms with Crippen molar-refractivity contribution in [1.82, 2.24) is 30.7 Å². The number of carbonyl (C=O) groups is 5. The number of amides is 5. The van der Waals surface area contributed by atoms with Gasteiger partial charge in [-0.1, -0.05) is 62.4 Å². The van der Waals surface area contributed by atoms with Gasteiger partial charge in [-0.25, -0.2) is 0 Å². The molecule has 2 aliphatic rings. The van der Waals surface area contributed by atoms with Gasteiger partial charge < -0.3 is 35.2 Å². The van der Waals surface area contributed by atoms with E-state index in [1.165, 1.54) is 12.0 Å². The van der Waals surface area contributed by atoms with Crippen LogP contribution < -0.4 is 20.7 Å². The van der Waals surface area contributed by atoms with Crippen molar-refractivity contribution in [3.8, 4) is 5.75 Å². The number of ether oxygens (including phenoxy) is 2. The molecule has 0 saturated carbocycles. The van der Waals surface area contributed by atoms with Gasteiger partial charge in [-0.3, -0.25) is 29.0 Å². The molecular formula is C38H46N6O7. The highest BCUT2D eigenvalue weighted by Gasteiger charge is 2.39. The summed E-state index contributed by atoms with van der Waals surface area (Å²) in [6.45, 7) is 3.90. The van der Waals surface area contributed by atoms with Crippen LogP contribution >= 0.6 is 0 Å². The van der Waals surface area contributed by atoms with E-state index < -0.39 is 41.8 Å². The molecule has 2 bridgehead atoms. The summed E-state index contributed by atoms with van der Waals surface area (Å²) in [6, 6.07) is 19.2. The zero-order valence-corrected chi connectivity index (χ0v) is 29.2. The van der Waals surface area contributed by atoms with E-state index in [-0.39, 0.29) is 69.3 Å². The van der Waals surface area contributed by atoms with Gasteiger partial charge in [0, 0.05) is 45.3 Å². The van der Waals surface area contributed by atoms with Crippen LogP contribution in [0.15, 0.2) is 79.0 Å². The van der Waals surface area contributed by atoms with Gasteiger partial charge in [0.2, 0.25) is 17.7 Å². The number of rotatable bonds is 8. The van der Waals surface area contributed by atoms with Gasteiger partial charge in [0.15, 0.2) is 6.61 Å². The number of hydrogen-bond donors (Lipinski definition) is 3. The summed E-state index contributed by atoms with van der Waals surface area (Å²) in [5.41, 5.74) is 1.90. The van der Waals surface area contributed by atoms with Crippen LogP contribution in [0.5, 0.6) is 5.75 Å². The van der Waals surface area contributed by atoms with E-state index in [1.807, 2.05) is 50.2 Å². The molecule has 5 rings (SSSR count). The Balaban J connectivity index is 1.50. The molecular weight excluding hydrogens is 652 g/mol. The van der Waals surface area contributed by atoms with Crippen LogP contribution in [0, 0.1) is 5.92 Å². The summed E-state index contributed by atoms with van der Waals surface area (Å²) in [5.74, 6) is -2.05. The van der Waals surface area contributed by atoms with Gasteiger partial charge in [-0.15, -0.1) is 0 Å². The van der Waals surface area contributed by atoms with Crippen molar-refractivity contribution in [2.45, 2.75) is 50.7 Å². The predicted molar refractivity (Wildman–Crippen MR) is 189 cm³/mol. The molecule has 51 heavy (non-hydrogen) atoms. The van der Waals surface area contributed by atoms with E-state index >= 15 is 0 Å². The number of pyridine rings is 1. The van der Waals surface area contributed by atoms with Crippen LogP contribution in [0.4, 0.5) is 0 Å². The minimum atomic E-state index is -1.000. The molecule has 4 atom stereocenters. The van der Waals surface area contributed by atoms with Crippen molar-refractivity contribution in [2.24, 2.45) is 5.92 Å². The maximum atomic E-state index is 14.2. The molecule has 3 heterocycles. The van der Waals surface area contributed by atoms with Crippen molar-refractivity contribution in [3.05, 3.63) is 95.8 Å². The number of methoxy groups -OCH3 is 1. The molecule has 1 fully saturated rings. The van der Waals surface area contributed by atoms with Gasteiger partial charge in [-0.05, 0) is 47.7 Å². The van der Waals surface area contributed by atoms with Gasteiger partial charge in [0.05, 0.1) is 19.2 Å². The third-order valence-electron chi connectivity index (χ3n) is 8.96. The highest BCUT2D eigenvalue weighted by atomic mass is 16.5. The molecule has 1 saturated heterocycles. The van der Waals surface area contributed by atoms with Crippen molar-refractivity contribution < 1.29 is 33.4 Å². The topological polar surface area (TPSA) is 159 Å². The van der Waals surface area contributed by atoms with Crippen molar-refractivity contribution in [1.29, 1.82) is 0 Å². The molecule has 5 amide bonds. The quantitative estimate of drug-likeness (QED) is 0.322. The molecule has 0 aliphatic carbocycles. The molecule has 0 spiro atoms. The number of nitrogens with one attached hydrogen (secondary N) is 3. The SMILES string of the molecule is COCCN1CC(=O)N[C@@H](Cc2ccccc2)C(=O)N[C@@H]2CN(C(=O)c3ccccn3)C[C@H]2c2cccc(c2)OCC(=O)N[C@H](CC(C)C)C1=O. The second-order valence-corrected chi connectivity index (χ2v) is 13.3. The standard InChI is InChI=1S/C38H46N6O7/c1-25(2)18-32-38(49)43(16-17-50-3)23-34(45)40-31(19-26-10-5-4-6-11-26)36(47)42-33-22-44(37(48)30-14-7-8-15-39-30)21-29(33)27-12-9-13-28(20-27)51-24-35(46)41-32/h4-15,20,25,29,31-33H,16-19,21-24H2,1-3H3,(H,40,45)(H,41,46)(H,42,47)/t29-,31-,32+,33+/m0/s1. The van der Waals surface area contributed by atoms with E-state index in [4.69, 9.17) is 9.47 Å². The van der Waals surface area contributed by atoms with E-state index in [0.717, 1.165) is 11.1 Å². The van der Waals surface area contributed by atoms with Crippen LogP contribution in [0.2, 0.25) is 0 Å². The summed E-state index contributed by atoms with van der Waals surface area (Å²) in [7, 11) is 1.49. The number of nitrogens with zero attached hydrogens (tertiary/aromatic N) is 3. The molecule has 3 N–H and O–H groups in total. The van der Waals surface area contributed by atoms with Crippen LogP contribution in [0.1, 0.15) is 47.8 Å². The average Bonchev–Trinajstić information content (AvgIpc) is 3.55. The maximum Gasteiger partial charge on any atom is 0.272 e. The van der Waals surface area contributed by atoms with E-state index in [2.05, 4.69) is 20.9 Å². The van der Waals surface area contributed by atoms with E-state index in [9.17, 15) is 24.0 Å². The molecule has 1 aromatic heterocycles. The first kappa shape index (κ1) is 37.0. The molecule has 0 radical (unpaired) electrons. The fourth-order valence-electron chi connectivity index (χ4n) is 6.46. The lowest BCUT2D eigenvalue weighted by Crippen LogP contribution is -2.56. The number of hydrogen-bond acceptors (Lipinski definition) is 8. The summed E-state index contributed by atoms with van der Waals surface area (Å²) < 4.78 is 11.1. The third-order valence-corrected chi connectivity index (χ3v) is 8.96. The van der Waals surface area contributed by atoms with Crippen LogP contribution in [-0.2, 0) is 30.3 Å². The first-order chi connectivity index (χ1) is 24.6. The number of carbonyl (C=O) groups excluding carboxylic acids is 5. The van der Waals surface area contributed by atoms with Crippen molar-refractivity contribution >= 4 is 29.5 Å². The molecule has 2 aliphatic heterocycles. The first-order valence-corrected chi connectivity index (χ1v) is 17.2. The minimum Gasteiger partial charge on any atom is -0.484 e. The average molecular weight is 699 g/mol. The van der Waals surface area contributed by atoms with E-state index in [0.29, 0.717) is 12.2 Å². The van der Waals surface area contributed by atoms with Gasteiger partial charge in [-0.2, -0.15) is 0 Å². The third kappa shape index (κ3) is 10.1. The van der Waals surface area contributed by atoms with Crippen molar-refractivity contribution in [3.63, 3.8) is 0 Å². The Labute approximate surface area is 298 Å². The first-order valence-electron chi connectivity index (χ1n) is 17.2. The lowest BCUT2D eigenvalue weighted by Gasteiger charge is -2.29. The zero-order valence-electron chi connectivity index (χ0n) is 29.2. The highest BCUT2D eigenvalue weighted by Crippen LogP contribution is 2.31. The molecule has 13 nitrogen and oxygen atoms in total. The second-order valence-electron chi connectivity index (χ2n) is 13.3. The summed E-state index contributed by atoms with van der Waals surface area (Å²) in [6.07, 6.45) is 2.08. The second kappa shape index (κ2) is 17.6. The Kier molecular flexibility index (Phi) is 12.7. The minimum absolute atomic E-state index is 0.0511. The number of aromatic nitrogens is 1. The predicted octanol–water partition coefficient (Wildman–Crippen LogP) is 1.93. The van der Waals surface area contributed by atoms with Crippen LogP contribution in [0.3, 0.4) is 0 Å². The Morgan fingerprint density at radius 1 is 0.922 bits per heavy atom. The van der Waals surface area contributed by atoms with Gasteiger partial charge in [0.25, 0.3) is 11.8 Å². The Hall–Kier alpha value is -5.30. The number of likely N-dealkylation sites (tertiary alicyclic amines) is 1. The van der Waals surface area contributed by atoms with Gasteiger partial charge in [0.1, 0.15) is 23.5 Å². The Bertz CT molecular complexity index is 1670. The Morgan fingerprint density at radius 3 is 2.41 bits per heavy atom. The van der Waals surface area contributed by atoms with Crippen LogP contribution in [-0.4, -0.2) is 109 Å². The number of fused-ring (bicyclic) bond motifs is 4. The summed E-state index contributed by atoms with van der Waals surface area (Å²) in [5, 5.41) is 8.82. The fraction of sp³-hybridized carbons (Fsp3) is 0.421. The molecule has 270 valence electrons. The number of benzene rings is 2. The van der Waals surface area contributed by atoms with E-state index in [1.54, 1.807) is 47.5 Å².